The quantitative estimate of drug-likeness (QED) is 0.540. The van der Waals surface area contributed by atoms with Crippen molar-refractivity contribution >= 4 is 28.2 Å². The van der Waals surface area contributed by atoms with Gasteiger partial charge in [0.05, 0.1) is 11.7 Å². The van der Waals surface area contributed by atoms with Crippen molar-refractivity contribution < 1.29 is 0 Å². The van der Waals surface area contributed by atoms with Crippen LogP contribution in [0.15, 0.2) is 30.5 Å². The van der Waals surface area contributed by atoms with Gasteiger partial charge in [-0.25, -0.2) is 0 Å². The molecule has 0 aliphatic rings. The molecule has 0 atom stereocenters. The van der Waals surface area contributed by atoms with Crippen LogP contribution in [0.4, 0.5) is 5.69 Å². The topological polar surface area (TPSA) is 27.8 Å². The molecule has 2 aromatic rings. The molecule has 0 unspecified atom stereocenters. The number of para-hydroxylation sites is 1. The first-order valence-electron chi connectivity index (χ1n) is 3.78. The molecule has 0 radical (unpaired) electrons. The molecule has 2 N–H and O–H groups in total. The lowest BCUT2D eigenvalue weighted by Gasteiger charge is -1.97. The molecule has 0 fully saturated rings. The average molecular weight is 181 g/mol. The molecule has 12 heavy (non-hydrogen) atoms. The minimum atomic E-state index is 0.432. The molecule has 3 heteroatoms. The smallest absolute Gasteiger partial charge is 0.0902 e. The van der Waals surface area contributed by atoms with Crippen LogP contribution in [-0.2, 0) is 0 Å². The molecule has 0 saturated heterocycles. The van der Waals surface area contributed by atoms with Crippen molar-refractivity contribution in [2.75, 3.05) is 11.3 Å². The third-order valence-corrected chi connectivity index (χ3v) is 1.98. The van der Waals surface area contributed by atoms with Gasteiger partial charge in [-0.2, -0.15) is 0 Å². The first-order chi connectivity index (χ1) is 5.92. The number of fused-ring (bicyclic) bond motifs is 1. The Kier molecular flexibility index (Phi) is 1.92. The summed E-state index contributed by atoms with van der Waals surface area (Å²) < 4.78 is 0. The molecule has 0 aliphatic heterocycles. The molecule has 2 nitrogen and oxygen atoms in total. The predicted molar refractivity (Wildman–Crippen MR) is 52.6 cm³/mol. The maximum Gasteiger partial charge on any atom is 0.0902 e. The van der Waals surface area contributed by atoms with Gasteiger partial charge in [0, 0.05) is 17.1 Å². The van der Waals surface area contributed by atoms with Crippen molar-refractivity contribution in [3.05, 3.63) is 30.5 Å². The van der Waals surface area contributed by atoms with E-state index in [-0.39, 0.29) is 0 Å². The van der Waals surface area contributed by atoms with Gasteiger partial charge in [0.25, 0.3) is 0 Å². The summed E-state index contributed by atoms with van der Waals surface area (Å²) in [4.78, 5) is 3.15. The van der Waals surface area contributed by atoms with Gasteiger partial charge in [-0.1, -0.05) is 18.2 Å². The number of aromatic nitrogens is 1. The van der Waals surface area contributed by atoms with E-state index in [1.807, 2.05) is 24.4 Å². The van der Waals surface area contributed by atoms with E-state index in [1.165, 1.54) is 5.39 Å². The lowest BCUT2D eigenvalue weighted by molar-refractivity contribution is 1.43. The summed E-state index contributed by atoms with van der Waals surface area (Å²) in [5.41, 5.74) is 2.19. The number of alkyl halides is 1. The van der Waals surface area contributed by atoms with Crippen molar-refractivity contribution in [2.24, 2.45) is 0 Å². The highest BCUT2D eigenvalue weighted by atomic mass is 35.5. The minimum absolute atomic E-state index is 0.432. The van der Waals surface area contributed by atoms with Crippen LogP contribution in [0, 0.1) is 0 Å². The Bertz CT molecular complexity index is 381. The number of nitrogens with one attached hydrogen (secondary N) is 2. The summed E-state index contributed by atoms with van der Waals surface area (Å²) in [6, 6.07) is 8.54. The van der Waals surface area contributed by atoms with E-state index in [0.29, 0.717) is 6.00 Å². The predicted octanol–water partition coefficient (Wildman–Crippen LogP) is 2.78. The Hall–Kier alpha value is -1.15. The molecule has 0 aliphatic carbocycles. The highest BCUT2D eigenvalue weighted by molar-refractivity contribution is 6.19. The number of H-pyrrole nitrogens is 1. The van der Waals surface area contributed by atoms with Gasteiger partial charge < -0.3 is 10.3 Å². The fourth-order valence-electron chi connectivity index (χ4n) is 1.29. The maximum atomic E-state index is 5.57. The third kappa shape index (κ3) is 1.14. The highest BCUT2D eigenvalue weighted by Gasteiger charge is 1.99. The Balaban J connectivity index is 2.55. The Morgan fingerprint density at radius 1 is 1.33 bits per heavy atom. The fraction of sp³-hybridized carbons (Fsp3) is 0.111. The molecular formula is C9H9ClN2. The average Bonchev–Trinajstić information content (AvgIpc) is 2.50. The van der Waals surface area contributed by atoms with Crippen LogP contribution in [0.1, 0.15) is 0 Å². The zero-order chi connectivity index (χ0) is 8.39. The van der Waals surface area contributed by atoms with Crippen LogP contribution in [0.5, 0.6) is 0 Å². The number of rotatable bonds is 2. The molecule has 0 spiro atoms. The van der Waals surface area contributed by atoms with Gasteiger partial charge in [-0.15, -0.1) is 11.6 Å². The van der Waals surface area contributed by atoms with E-state index in [1.54, 1.807) is 0 Å². The summed E-state index contributed by atoms with van der Waals surface area (Å²) in [7, 11) is 0. The van der Waals surface area contributed by atoms with E-state index in [0.717, 1.165) is 11.2 Å². The normalized spacial score (nSPS) is 10.4. The number of aromatic amines is 1. The van der Waals surface area contributed by atoms with Crippen LogP contribution in [0.25, 0.3) is 10.9 Å². The van der Waals surface area contributed by atoms with E-state index in [4.69, 9.17) is 11.6 Å². The molecular weight excluding hydrogens is 172 g/mol. The second-order valence-corrected chi connectivity index (χ2v) is 2.83. The second kappa shape index (κ2) is 3.07. The van der Waals surface area contributed by atoms with Gasteiger partial charge in [0.2, 0.25) is 0 Å². The van der Waals surface area contributed by atoms with Crippen LogP contribution in [-0.4, -0.2) is 11.0 Å². The molecule has 0 amide bonds. The number of anilines is 1. The summed E-state index contributed by atoms with van der Waals surface area (Å²) in [5.74, 6) is 0. The lowest BCUT2D eigenvalue weighted by atomic mass is 10.2. The van der Waals surface area contributed by atoms with Gasteiger partial charge >= 0.3 is 0 Å². The molecule has 1 aromatic heterocycles. The first kappa shape index (κ1) is 7.50. The Labute approximate surface area is 75.5 Å². The lowest BCUT2D eigenvalue weighted by Crippen LogP contribution is -1.91. The minimum Gasteiger partial charge on any atom is -0.370 e. The zero-order valence-corrected chi connectivity index (χ0v) is 7.23. The van der Waals surface area contributed by atoms with Crippen molar-refractivity contribution in [3.8, 4) is 0 Å². The summed E-state index contributed by atoms with van der Waals surface area (Å²) >= 11 is 5.57. The zero-order valence-electron chi connectivity index (χ0n) is 6.47. The fourth-order valence-corrected chi connectivity index (χ4v) is 1.43. The van der Waals surface area contributed by atoms with E-state index < -0.39 is 0 Å². The second-order valence-electron chi connectivity index (χ2n) is 2.56. The highest BCUT2D eigenvalue weighted by Crippen LogP contribution is 2.21. The summed E-state index contributed by atoms with van der Waals surface area (Å²) in [5, 5.41) is 4.24. The van der Waals surface area contributed by atoms with Gasteiger partial charge in [0.1, 0.15) is 0 Å². The molecule has 1 heterocycles. The molecule has 2 rings (SSSR count). The number of benzene rings is 1. The molecule has 0 saturated carbocycles. The first-order valence-corrected chi connectivity index (χ1v) is 4.31. The Morgan fingerprint density at radius 2 is 2.17 bits per heavy atom. The van der Waals surface area contributed by atoms with Crippen molar-refractivity contribution in [2.45, 2.75) is 0 Å². The number of hydrogen-bond acceptors (Lipinski definition) is 1. The molecule has 0 bridgehead atoms. The van der Waals surface area contributed by atoms with Crippen molar-refractivity contribution in [1.82, 2.24) is 4.98 Å². The monoisotopic (exact) mass is 180 g/mol. The van der Waals surface area contributed by atoms with Gasteiger partial charge in [0.15, 0.2) is 0 Å². The molecule has 1 aromatic carbocycles. The van der Waals surface area contributed by atoms with E-state index in [9.17, 15) is 0 Å². The summed E-state index contributed by atoms with van der Waals surface area (Å²) in [6.45, 7) is 0. The number of halogens is 1. The standard InChI is InChI=1S/C9H9ClN2/c10-6-12-9-5-11-8-4-2-1-3-7(8)9/h1-5,11-12H,6H2. The van der Waals surface area contributed by atoms with Gasteiger partial charge in [-0.3, -0.25) is 0 Å². The van der Waals surface area contributed by atoms with Crippen LogP contribution >= 0.6 is 11.6 Å². The maximum absolute atomic E-state index is 5.57. The SMILES string of the molecule is ClCNc1c[nH]c2ccccc12. The third-order valence-electron chi connectivity index (χ3n) is 1.85. The molecule has 62 valence electrons. The van der Waals surface area contributed by atoms with E-state index in [2.05, 4.69) is 16.4 Å². The van der Waals surface area contributed by atoms with Crippen molar-refractivity contribution in [1.29, 1.82) is 0 Å². The van der Waals surface area contributed by atoms with Crippen molar-refractivity contribution in [3.63, 3.8) is 0 Å². The van der Waals surface area contributed by atoms with Gasteiger partial charge in [-0.05, 0) is 6.07 Å². The van der Waals surface area contributed by atoms with Crippen LogP contribution in [0.2, 0.25) is 0 Å². The summed E-state index contributed by atoms with van der Waals surface area (Å²) in [6.07, 6.45) is 1.92. The Morgan fingerprint density at radius 3 is 3.00 bits per heavy atom. The largest absolute Gasteiger partial charge is 0.370 e. The van der Waals surface area contributed by atoms with Crippen LogP contribution < -0.4 is 5.32 Å². The van der Waals surface area contributed by atoms with E-state index >= 15 is 0 Å². The van der Waals surface area contributed by atoms with Crippen LogP contribution in [0.3, 0.4) is 0 Å². The number of hydrogen-bond donors (Lipinski definition) is 2.